The minimum absolute atomic E-state index is 0.0589. The van der Waals surface area contributed by atoms with E-state index in [1.165, 1.54) is 22.9 Å². The number of nitrogens with two attached hydrogens (primary N) is 1. The molecule has 5 rings (SSSR count). The summed E-state index contributed by atoms with van der Waals surface area (Å²) in [4.78, 5) is 13.0. The molecule has 154 valence electrons. The molecule has 0 radical (unpaired) electrons. The lowest BCUT2D eigenvalue weighted by Crippen LogP contribution is -2.52. The quantitative estimate of drug-likeness (QED) is 0.794. The van der Waals surface area contributed by atoms with E-state index >= 15 is 0 Å². The highest BCUT2D eigenvalue weighted by atomic mass is 35.5. The molecule has 29 heavy (non-hydrogen) atoms. The number of amides is 1. The zero-order valence-electron chi connectivity index (χ0n) is 16.0. The average molecular weight is 421 g/mol. The fraction of sp³-hybridized carbons (Fsp3) is 0.500. The van der Waals surface area contributed by atoms with Gasteiger partial charge in [-0.3, -0.25) is 9.48 Å². The maximum Gasteiger partial charge on any atom is 0.261 e. The second kappa shape index (κ2) is 6.68. The number of rotatable bonds is 3. The van der Waals surface area contributed by atoms with E-state index < -0.39 is 11.6 Å². The second-order valence-electron chi connectivity index (χ2n) is 8.10. The van der Waals surface area contributed by atoms with Gasteiger partial charge in [0.05, 0.1) is 23.9 Å². The number of hydrogen-bond donors (Lipinski definition) is 2. The molecule has 2 aliphatic carbocycles. The van der Waals surface area contributed by atoms with Crippen LogP contribution in [0.25, 0.3) is 0 Å². The minimum atomic E-state index is -0.544. The predicted molar refractivity (Wildman–Crippen MR) is 105 cm³/mol. The topological polar surface area (TPSA) is 91.4 Å². The van der Waals surface area contributed by atoms with E-state index in [-0.39, 0.29) is 16.8 Å². The summed E-state index contributed by atoms with van der Waals surface area (Å²) < 4.78 is 26.7. The van der Waals surface area contributed by atoms with Gasteiger partial charge >= 0.3 is 0 Å². The van der Waals surface area contributed by atoms with Crippen molar-refractivity contribution >= 4 is 29.0 Å². The summed E-state index contributed by atoms with van der Waals surface area (Å²) in [5.41, 5.74) is 7.64. The van der Waals surface area contributed by atoms with Crippen molar-refractivity contribution in [3.05, 3.63) is 40.3 Å². The van der Waals surface area contributed by atoms with E-state index in [2.05, 4.69) is 10.4 Å². The number of benzene rings is 1. The number of nitrogens with one attached hydrogen (secondary N) is 1. The van der Waals surface area contributed by atoms with Gasteiger partial charge in [-0.05, 0) is 37.0 Å². The molecule has 0 bridgehead atoms. The molecule has 3 atom stereocenters. The number of nitrogens with zero attached hydrogens (tertiary/aromatic N) is 2. The number of carbonyl (C=O) groups excluding carboxylic acids is 1. The second-order valence-corrected chi connectivity index (χ2v) is 8.51. The van der Waals surface area contributed by atoms with Gasteiger partial charge in [-0.1, -0.05) is 11.6 Å². The molecule has 1 amide bonds. The standard InChI is InChI=1S/C20H22ClFN4O3/c1-26-18(23)16(19(27)24-12-2-3-15(22)14(21)8-12)17(25-26)10-6-11-9-20(13(11)7-10)28-4-5-29-20/h2-3,8,10-11,13H,4-7,9,23H2,1H3,(H,24,27). The third-order valence-corrected chi connectivity index (χ3v) is 6.78. The van der Waals surface area contributed by atoms with Crippen LogP contribution in [0.2, 0.25) is 5.02 Å². The molecule has 3 aliphatic rings. The van der Waals surface area contributed by atoms with Crippen LogP contribution < -0.4 is 11.1 Å². The van der Waals surface area contributed by atoms with Gasteiger partial charge in [0.2, 0.25) is 0 Å². The molecule has 1 aliphatic heterocycles. The first kappa shape index (κ1) is 18.8. The summed E-state index contributed by atoms with van der Waals surface area (Å²) in [6.45, 7) is 1.27. The van der Waals surface area contributed by atoms with E-state index in [1.807, 2.05) is 0 Å². The van der Waals surface area contributed by atoms with Gasteiger partial charge in [-0.2, -0.15) is 5.10 Å². The lowest BCUT2D eigenvalue weighted by Gasteiger charge is -2.47. The zero-order valence-corrected chi connectivity index (χ0v) is 16.7. The molecule has 1 spiro atoms. The Morgan fingerprint density at radius 2 is 2.14 bits per heavy atom. The van der Waals surface area contributed by atoms with Crippen LogP contribution in [0.15, 0.2) is 18.2 Å². The number of carbonyl (C=O) groups is 1. The SMILES string of the molecule is Cn1nc(C2CC3CC4(OCCO4)C3C2)c(C(=O)Nc2ccc(F)c(Cl)c2)c1N. The maximum absolute atomic E-state index is 13.4. The summed E-state index contributed by atoms with van der Waals surface area (Å²) in [7, 11) is 1.72. The van der Waals surface area contributed by atoms with Gasteiger partial charge in [0.25, 0.3) is 5.91 Å². The highest BCUT2D eigenvalue weighted by molar-refractivity contribution is 6.31. The number of nitrogen functional groups attached to an aromatic ring is 1. The molecule has 7 nitrogen and oxygen atoms in total. The molecule has 1 saturated heterocycles. The van der Waals surface area contributed by atoms with E-state index in [9.17, 15) is 9.18 Å². The molecule has 1 aromatic carbocycles. The molecular weight excluding hydrogens is 399 g/mol. The van der Waals surface area contributed by atoms with Crippen LogP contribution >= 0.6 is 11.6 Å². The molecule has 2 heterocycles. The molecule has 9 heteroatoms. The number of fused-ring (bicyclic) bond motifs is 2. The monoisotopic (exact) mass is 420 g/mol. The molecule has 3 unspecified atom stereocenters. The number of aromatic nitrogens is 2. The summed E-state index contributed by atoms with van der Waals surface area (Å²) in [5.74, 6) is -0.120. The Morgan fingerprint density at radius 3 is 2.86 bits per heavy atom. The van der Waals surface area contributed by atoms with Gasteiger partial charge < -0.3 is 20.5 Å². The van der Waals surface area contributed by atoms with Gasteiger partial charge in [0.1, 0.15) is 17.2 Å². The van der Waals surface area contributed by atoms with Crippen molar-refractivity contribution in [1.82, 2.24) is 9.78 Å². The van der Waals surface area contributed by atoms with Crippen LogP contribution in [-0.4, -0.2) is 34.7 Å². The highest BCUT2D eigenvalue weighted by Gasteiger charge is 2.62. The van der Waals surface area contributed by atoms with Crippen molar-refractivity contribution < 1.29 is 18.7 Å². The highest BCUT2D eigenvalue weighted by Crippen LogP contribution is 2.61. The predicted octanol–water partition coefficient (Wildman–Crippen LogP) is 3.30. The van der Waals surface area contributed by atoms with Crippen LogP contribution in [-0.2, 0) is 16.5 Å². The normalized spacial score (nSPS) is 27.1. The Bertz CT molecular complexity index is 988. The summed E-state index contributed by atoms with van der Waals surface area (Å²) in [6, 6.07) is 4.04. The number of anilines is 2. The summed E-state index contributed by atoms with van der Waals surface area (Å²) in [5, 5.41) is 7.26. The molecule has 2 aromatic rings. The average Bonchev–Trinajstić information content (AvgIpc) is 3.36. The van der Waals surface area contributed by atoms with Gasteiger partial charge in [-0.25, -0.2) is 4.39 Å². The van der Waals surface area contributed by atoms with Crippen LogP contribution in [0.3, 0.4) is 0 Å². The fourth-order valence-corrected chi connectivity index (χ4v) is 5.30. The van der Waals surface area contributed by atoms with Crippen LogP contribution in [0, 0.1) is 17.7 Å². The van der Waals surface area contributed by atoms with Crippen molar-refractivity contribution in [3.8, 4) is 0 Å². The first-order valence-corrected chi connectivity index (χ1v) is 10.1. The van der Waals surface area contributed by atoms with Crippen molar-refractivity contribution in [2.45, 2.75) is 31.0 Å². The van der Waals surface area contributed by atoms with Gasteiger partial charge in [0, 0.05) is 31.0 Å². The molecule has 3 N–H and O–H groups in total. The number of ether oxygens (including phenoxy) is 2. The van der Waals surface area contributed by atoms with Gasteiger partial charge in [-0.15, -0.1) is 0 Å². The largest absolute Gasteiger partial charge is 0.383 e. The van der Waals surface area contributed by atoms with Crippen LogP contribution in [0.4, 0.5) is 15.9 Å². The Hall–Kier alpha value is -2.16. The third-order valence-electron chi connectivity index (χ3n) is 6.49. The molecule has 1 aromatic heterocycles. The Kier molecular flexibility index (Phi) is 4.34. The van der Waals surface area contributed by atoms with E-state index in [1.54, 1.807) is 7.05 Å². The lowest BCUT2D eigenvalue weighted by molar-refractivity contribution is -0.267. The smallest absolute Gasteiger partial charge is 0.261 e. The minimum Gasteiger partial charge on any atom is -0.383 e. The third kappa shape index (κ3) is 2.93. The zero-order chi connectivity index (χ0) is 20.3. The Labute approximate surface area is 172 Å². The summed E-state index contributed by atoms with van der Waals surface area (Å²) >= 11 is 5.82. The fourth-order valence-electron chi connectivity index (χ4n) is 5.12. The number of halogens is 2. The van der Waals surface area contributed by atoms with Crippen molar-refractivity contribution in [3.63, 3.8) is 0 Å². The molecule has 2 saturated carbocycles. The first-order valence-electron chi connectivity index (χ1n) is 9.74. The molecule has 3 fully saturated rings. The maximum atomic E-state index is 13.4. The van der Waals surface area contributed by atoms with Crippen molar-refractivity contribution in [2.24, 2.45) is 18.9 Å². The molecular formula is C20H22ClFN4O3. The first-order chi connectivity index (χ1) is 13.9. The van der Waals surface area contributed by atoms with Crippen molar-refractivity contribution in [1.29, 1.82) is 0 Å². The van der Waals surface area contributed by atoms with Crippen LogP contribution in [0.1, 0.15) is 41.2 Å². The van der Waals surface area contributed by atoms with E-state index in [0.717, 1.165) is 19.3 Å². The lowest BCUT2D eigenvalue weighted by atomic mass is 9.70. The number of aryl methyl sites for hydroxylation is 1. The van der Waals surface area contributed by atoms with Crippen LogP contribution in [0.5, 0.6) is 0 Å². The van der Waals surface area contributed by atoms with Gasteiger partial charge in [0.15, 0.2) is 5.79 Å². The van der Waals surface area contributed by atoms with E-state index in [4.69, 9.17) is 26.8 Å². The van der Waals surface area contributed by atoms with Crippen molar-refractivity contribution in [2.75, 3.05) is 24.3 Å². The Morgan fingerprint density at radius 1 is 1.38 bits per heavy atom. The van der Waals surface area contributed by atoms with E-state index in [0.29, 0.717) is 47.8 Å². The number of hydrogen-bond acceptors (Lipinski definition) is 5. The Balaban J connectivity index is 1.40. The summed E-state index contributed by atoms with van der Waals surface area (Å²) in [6.07, 6.45) is 2.67.